The molecule has 5 nitrogen and oxygen atoms in total. The maximum atomic E-state index is 12.7. The molecule has 2 amide bonds. The number of thiazole rings is 1. The highest BCUT2D eigenvalue weighted by molar-refractivity contribution is 7.22. The van der Waals surface area contributed by atoms with Crippen LogP contribution in [0.2, 0.25) is 0 Å². The van der Waals surface area contributed by atoms with Gasteiger partial charge in [0.15, 0.2) is 5.13 Å². The van der Waals surface area contributed by atoms with Crippen molar-refractivity contribution in [2.45, 2.75) is 0 Å². The summed E-state index contributed by atoms with van der Waals surface area (Å²) in [5.74, 6) is -0.305. The van der Waals surface area contributed by atoms with Gasteiger partial charge in [-0.1, -0.05) is 29.5 Å². The molecule has 2 aromatic carbocycles. The molecule has 4 rings (SSSR count). The standard InChI is InChI=1S/C20H15N3O2S2/c1-23(20-22-15-5-2-3-6-16(15)27-20)19(25)13-8-10-14(11-9-13)21-18(24)17-7-4-12-26-17/h2-12H,1H3,(H,21,24). The van der Waals surface area contributed by atoms with E-state index >= 15 is 0 Å². The van der Waals surface area contributed by atoms with Crippen molar-refractivity contribution < 1.29 is 9.59 Å². The third-order valence-electron chi connectivity index (χ3n) is 4.01. The second-order valence-electron chi connectivity index (χ2n) is 5.84. The van der Waals surface area contributed by atoms with E-state index in [1.54, 1.807) is 42.3 Å². The zero-order chi connectivity index (χ0) is 18.8. The van der Waals surface area contributed by atoms with Crippen LogP contribution in [0.4, 0.5) is 10.8 Å². The van der Waals surface area contributed by atoms with Crippen LogP contribution in [0.5, 0.6) is 0 Å². The van der Waals surface area contributed by atoms with Crippen molar-refractivity contribution in [1.29, 1.82) is 0 Å². The fourth-order valence-corrected chi connectivity index (χ4v) is 4.12. The fourth-order valence-electron chi connectivity index (χ4n) is 2.58. The number of benzene rings is 2. The highest BCUT2D eigenvalue weighted by atomic mass is 32.1. The maximum Gasteiger partial charge on any atom is 0.265 e. The Morgan fingerprint density at radius 3 is 2.48 bits per heavy atom. The van der Waals surface area contributed by atoms with Crippen LogP contribution in [0.15, 0.2) is 66.0 Å². The number of nitrogens with zero attached hydrogens (tertiary/aromatic N) is 2. The number of nitrogens with one attached hydrogen (secondary N) is 1. The summed E-state index contributed by atoms with van der Waals surface area (Å²) in [4.78, 5) is 31.5. The van der Waals surface area contributed by atoms with Crippen molar-refractivity contribution in [3.8, 4) is 0 Å². The Morgan fingerprint density at radius 1 is 1.00 bits per heavy atom. The fraction of sp³-hybridized carbons (Fsp3) is 0.0500. The zero-order valence-corrected chi connectivity index (χ0v) is 16.0. The number of carbonyl (C=O) groups is 2. The van der Waals surface area contributed by atoms with Crippen LogP contribution in [0.3, 0.4) is 0 Å². The van der Waals surface area contributed by atoms with Crippen molar-refractivity contribution in [2.24, 2.45) is 0 Å². The highest BCUT2D eigenvalue weighted by Gasteiger charge is 2.17. The summed E-state index contributed by atoms with van der Waals surface area (Å²) in [5.41, 5.74) is 2.06. The Balaban J connectivity index is 1.49. The van der Waals surface area contributed by atoms with E-state index in [0.29, 0.717) is 21.3 Å². The molecule has 0 aliphatic carbocycles. The zero-order valence-electron chi connectivity index (χ0n) is 14.4. The van der Waals surface area contributed by atoms with E-state index < -0.39 is 0 Å². The van der Waals surface area contributed by atoms with E-state index in [0.717, 1.165) is 10.2 Å². The lowest BCUT2D eigenvalue weighted by Gasteiger charge is -2.14. The Bertz CT molecular complexity index is 1070. The molecule has 0 fully saturated rings. The third kappa shape index (κ3) is 3.60. The molecule has 2 aromatic heterocycles. The number of thiophene rings is 1. The van der Waals surface area contributed by atoms with Crippen LogP contribution in [-0.2, 0) is 0 Å². The van der Waals surface area contributed by atoms with E-state index in [4.69, 9.17) is 0 Å². The highest BCUT2D eigenvalue weighted by Crippen LogP contribution is 2.28. The molecule has 1 N–H and O–H groups in total. The summed E-state index contributed by atoms with van der Waals surface area (Å²) in [6.07, 6.45) is 0. The van der Waals surface area contributed by atoms with Gasteiger partial charge in [-0.15, -0.1) is 11.3 Å². The topological polar surface area (TPSA) is 62.3 Å². The van der Waals surface area contributed by atoms with Crippen molar-refractivity contribution >= 4 is 55.5 Å². The van der Waals surface area contributed by atoms with Crippen LogP contribution < -0.4 is 10.2 Å². The third-order valence-corrected chi connectivity index (χ3v) is 5.99. The first-order valence-corrected chi connectivity index (χ1v) is 9.90. The van der Waals surface area contributed by atoms with Gasteiger partial charge >= 0.3 is 0 Å². The number of hydrogen-bond donors (Lipinski definition) is 1. The van der Waals surface area contributed by atoms with Gasteiger partial charge in [-0.05, 0) is 47.8 Å². The van der Waals surface area contributed by atoms with E-state index in [9.17, 15) is 9.59 Å². The molecule has 4 aromatic rings. The number of aromatic nitrogens is 1. The lowest BCUT2D eigenvalue weighted by molar-refractivity contribution is 0.0991. The molecular weight excluding hydrogens is 378 g/mol. The van der Waals surface area contributed by atoms with Crippen LogP contribution >= 0.6 is 22.7 Å². The lowest BCUT2D eigenvalue weighted by Crippen LogP contribution is -2.26. The van der Waals surface area contributed by atoms with E-state index in [2.05, 4.69) is 10.3 Å². The minimum Gasteiger partial charge on any atom is -0.321 e. The minimum atomic E-state index is -0.157. The average molecular weight is 393 g/mol. The summed E-state index contributed by atoms with van der Waals surface area (Å²) in [5, 5.41) is 5.33. The molecule has 0 aliphatic rings. The van der Waals surface area contributed by atoms with Gasteiger partial charge < -0.3 is 5.32 Å². The quantitative estimate of drug-likeness (QED) is 0.537. The largest absolute Gasteiger partial charge is 0.321 e. The smallest absolute Gasteiger partial charge is 0.265 e. The molecule has 7 heteroatoms. The summed E-state index contributed by atoms with van der Waals surface area (Å²) >= 11 is 2.86. The van der Waals surface area contributed by atoms with Crippen LogP contribution in [0, 0.1) is 0 Å². The van der Waals surface area contributed by atoms with Gasteiger partial charge in [0.1, 0.15) is 0 Å². The molecule has 0 radical (unpaired) electrons. The summed E-state index contributed by atoms with van der Waals surface area (Å²) in [6.45, 7) is 0. The SMILES string of the molecule is CN(C(=O)c1ccc(NC(=O)c2cccs2)cc1)c1nc2ccccc2s1. The summed E-state index contributed by atoms with van der Waals surface area (Å²) in [6, 6.07) is 18.3. The number of para-hydroxylation sites is 1. The van der Waals surface area contributed by atoms with Crippen molar-refractivity contribution in [3.63, 3.8) is 0 Å². The number of hydrogen-bond acceptors (Lipinski definition) is 5. The van der Waals surface area contributed by atoms with Gasteiger partial charge in [-0.25, -0.2) is 4.98 Å². The Labute approximate surface area is 163 Å². The van der Waals surface area contributed by atoms with Gasteiger partial charge in [0, 0.05) is 18.3 Å². The Kier molecular flexibility index (Phi) is 4.70. The van der Waals surface area contributed by atoms with Gasteiger partial charge in [-0.2, -0.15) is 0 Å². The monoisotopic (exact) mass is 393 g/mol. The molecule has 0 saturated carbocycles. The van der Waals surface area contributed by atoms with Crippen LogP contribution in [-0.4, -0.2) is 23.8 Å². The van der Waals surface area contributed by atoms with Gasteiger partial charge in [0.25, 0.3) is 11.8 Å². The normalized spacial score (nSPS) is 10.7. The lowest BCUT2D eigenvalue weighted by atomic mass is 10.2. The predicted octanol–water partition coefficient (Wildman–Crippen LogP) is 4.89. The van der Waals surface area contributed by atoms with Gasteiger partial charge in [0.2, 0.25) is 0 Å². The van der Waals surface area contributed by atoms with Crippen LogP contribution in [0.1, 0.15) is 20.0 Å². The van der Waals surface area contributed by atoms with E-state index in [1.807, 2.05) is 35.7 Å². The maximum absolute atomic E-state index is 12.7. The van der Waals surface area contributed by atoms with Crippen molar-refractivity contribution in [1.82, 2.24) is 4.98 Å². The molecule has 134 valence electrons. The molecule has 0 bridgehead atoms. The van der Waals surface area contributed by atoms with Gasteiger partial charge in [0.05, 0.1) is 15.1 Å². The minimum absolute atomic E-state index is 0.148. The number of anilines is 2. The molecule has 0 atom stereocenters. The number of amides is 2. The van der Waals surface area contributed by atoms with E-state index in [-0.39, 0.29) is 11.8 Å². The Hall–Kier alpha value is -3.03. The Morgan fingerprint density at radius 2 is 1.78 bits per heavy atom. The number of rotatable bonds is 4. The second-order valence-corrected chi connectivity index (χ2v) is 7.79. The number of fused-ring (bicyclic) bond motifs is 1. The first-order valence-electron chi connectivity index (χ1n) is 8.20. The average Bonchev–Trinajstić information content (AvgIpc) is 3.37. The first kappa shape index (κ1) is 17.4. The van der Waals surface area contributed by atoms with Crippen molar-refractivity contribution in [2.75, 3.05) is 17.3 Å². The molecule has 0 aliphatic heterocycles. The second kappa shape index (κ2) is 7.30. The van der Waals surface area contributed by atoms with Crippen LogP contribution in [0.25, 0.3) is 10.2 Å². The first-order chi connectivity index (χ1) is 13.1. The molecule has 0 spiro atoms. The molecule has 0 saturated heterocycles. The van der Waals surface area contributed by atoms with Gasteiger partial charge in [-0.3, -0.25) is 14.5 Å². The van der Waals surface area contributed by atoms with Crippen molar-refractivity contribution in [3.05, 3.63) is 76.5 Å². The molecule has 2 heterocycles. The van der Waals surface area contributed by atoms with E-state index in [1.165, 1.54) is 22.7 Å². The molecule has 0 unspecified atom stereocenters. The summed E-state index contributed by atoms with van der Waals surface area (Å²) in [7, 11) is 1.71. The molecule has 27 heavy (non-hydrogen) atoms. The number of carbonyl (C=O) groups excluding carboxylic acids is 2. The molecular formula is C20H15N3O2S2. The predicted molar refractivity (Wildman–Crippen MR) is 111 cm³/mol. The summed E-state index contributed by atoms with van der Waals surface area (Å²) < 4.78 is 1.04.